The molecule has 1 aromatic carbocycles. The van der Waals surface area contributed by atoms with Gasteiger partial charge in [-0.25, -0.2) is 0 Å². The average Bonchev–Trinajstić information content (AvgIpc) is 2.16. The SMILES string of the molecule is Cc1c(COS(C)(=O)=O)cccc1OS(C)(=O)=O. The maximum absolute atomic E-state index is 11.0. The Morgan fingerprint density at radius 1 is 1.06 bits per heavy atom. The fourth-order valence-electron chi connectivity index (χ4n) is 1.24. The number of hydrogen-bond acceptors (Lipinski definition) is 6. The van der Waals surface area contributed by atoms with E-state index >= 15 is 0 Å². The van der Waals surface area contributed by atoms with Gasteiger partial charge in [-0.3, -0.25) is 4.18 Å². The van der Waals surface area contributed by atoms with Crippen LogP contribution in [0.3, 0.4) is 0 Å². The summed E-state index contributed by atoms with van der Waals surface area (Å²) in [4.78, 5) is 0. The van der Waals surface area contributed by atoms with Crippen molar-refractivity contribution >= 4 is 20.2 Å². The lowest BCUT2D eigenvalue weighted by Crippen LogP contribution is -2.08. The molecule has 0 amide bonds. The van der Waals surface area contributed by atoms with Crippen LogP contribution in [0.5, 0.6) is 5.75 Å². The van der Waals surface area contributed by atoms with Gasteiger partial charge < -0.3 is 4.18 Å². The van der Waals surface area contributed by atoms with Crippen molar-refractivity contribution in [2.45, 2.75) is 13.5 Å². The van der Waals surface area contributed by atoms with Crippen molar-refractivity contribution in [3.05, 3.63) is 29.3 Å². The van der Waals surface area contributed by atoms with Crippen molar-refractivity contribution in [3.8, 4) is 5.75 Å². The zero-order valence-electron chi connectivity index (χ0n) is 10.2. The van der Waals surface area contributed by atoms with E-state index in [9.17, 15) is 16.8 Å². The Hall–Kier alpha value is -1.12. The Balaban J connectivity index is 2.99. The molecule has 1 aromatic rings. The van der Waals surface area contributed by atoms with Crippen LogP contribution >= 0.6 is 0 Å². The topological polar surface area (TPSA) is 86.7 Å². The molecule has 0 N–H and O–H groups in total. The third-order valence-electron chi connectivity index (χ3n) is 2.07. The fraction of sp³-hybridized carbons (Fsp3) is 0.400. The van der Waals surface area contributed by atoms with Gasteiger partial charge >= 0.3 is 10.1 Å². The molecule has 0 aliphatic rings. The summed E-state index contributed by atoms with van der Waals surface area (Å²) in [6, 6.07) is 4.68. The number of rotatable bonds is 5. The predicted octanol–water partition coefficient (Wildman–Crippen LogP) is 0.810. The molecule has 0 radical (unpaired) electrons. The van der Waals surface area contributed by atoms with Crippen LogP contribution in [-0.2, 0) is 31.0 Å². The highest BCUT2D eigenvalue weighted by molar-refractivity contribution is 7.86. The lowest BCUT2D eigenvalue weighted by molar-refractivity contribution is 0.310. The monoisotopic (exact) mass is 294 g/mol. The van der Waals surface area contributed by atoms with Gasteiger partial charge in [0.15, 0.2) is 0 Å². The first-order chi connectivity index (χ1) is 8.08. The van der Waals surface area contributed by atoms with Gasteiger partial charge in [0.1, 0.15) is 5.75 Å². The molecule has 6 nitrogen and oxygen atoms in total. The zero-order chi connectivity index (χ0) is 14.0. The van der Waals surface area contributed by atoms with Gasteiger partial charge in [0, 0.05) is 0 Å². The van der Waals surface area contributed by atoms with Crippen LogP contribution in [0.1, 0.15) is 11.1 Å². The summed E-state index contributed by atoms with van der Waals surface area (Å²) in [5.74, 6) is 0.159. The van der Waals surface area contributed by atoms with E-state index in [1.54, 1.807) is 19.1 Å². The molecule has 0 saturated heterocycles. The molecular formula is C10H14O6S2. The summed E-state index contributed by atoms with van der Waals surface area (Å²) >= 11 is 0. The minimum absolute atomic E-state index is 0.159. The third-order valence-corrected chi connectivity index (χ3v) is 3.09. The van der Waals surface area contributed by atoms with E-state index in [0.717, 1.165) is 12.5 Å². The Morgan fingerprint density at radius 2 is 1.67 bits per heavy atom. The Kier molecular flexibility index (Phi) is 4.36. The molecule has 102 valence electrons. The van der Waals surface area contributed by atoms with Gasteiger partial charge in [0.2, 0.25) is 0 Å². The van der Waals surface area contributed by atoms with Gasteiger partial charge in [0.25, 0.3) is 10.1 Å². The molecule has 0 aliphatic carbocycles. The van der Waals surface area contributed by atoms with Crippen LogP contribution in [0.4, 0.5) is 0 Å². The minimum Gasteiger partial charge on any atom is -0.382 e. The quantitative estimate of drug-likeness (QED) is 0.747. The molecule has 0 fully saturated rings. The first-order valence-corrected chi connectivity index (χ1v) is 8.54. The fourth-order valence-corrected chi connectivity index (χ4v) is 2.09. The van der Waals surface area contributed by atoms with Gasteiger partial charge in [-0.15, -0.1) is 0 Å². The lowest BCUT2D eigenvalue weighted by atomic mass is 10.1. The molecule has 8 heteroatoms. The van der Waals surface area contributed by atoms with E-state index in [2.05, 4.69) is 4.18 Å². The largest absolute Gasteiger partial charge is 0.382 e. The average molecular weight is 294 g/mol. The Morgan fingerprint density at radius 3 is 2.17 bits per heavy atom. The molecule has 0 saturated carbocycles. The van der Waals surface area contributed by atoms with E-state index in [1.165, 1.54) is 6.07 Å². The molecule has 0 unspecified atom stereocenters. The van der Waals surface area contributed by atoms with Crippen molar-refractivity contribution in [1.82, 2.24) is 0 Å². The standard InChI is InChI=1S/C10H14O6S2/c1-8-9(7-15-17(2,11)12)5-4-6-10(8)16-18(3,13)14/h4-6H,7H2,1-3H3. The first kappa shape index (κ1) is 14.9. The van der Waals surface area contributed by atoms with Gasteiger partial charge in [-0.05, 0) is 24.1 Å². The maximum atomic E-state index is 11.0. The van der Waals surface area contributed by atoms with Crippen molar-refractivity contribution in [3.63, 3.8) is 0 Å². The van der Waals surface area contributed by atoms with E-state index in [4.69, 9.17) is 4.18 Å². The summed E-state index contributed by atoms with van der Waals surface area (Å²) in [6.45, 7) is 1.47. The number of hydrogen-bond donors (Lipinski definition) is 0. The zero-order valence-corrected chi connectivity index (χ0v) is 11.8. The molecule has 0 heterocycles. The van der Waals surface area contributed by atoms with Crippen molar-refractivity contribution in [2.75, 3.05) is 12.5 Å². The Bertz CT molecular complexity index is 630. The van der Waals surface area contributed by atoms with Crippen molar-refractivity contribution in [2.24, 2.45) is 0 Å². The highest BCUT2D eigenvalue weighted by Crippen LogP contribution is 2.23. The summed E-state index contributed by atoms with van der Waals surface area (Å²) in [7, 11) is -7.16. The summed E-state index contributed by atoms with van der Waals surface area (Å²) in [5, 5.41) is 0. The third kappa shape index (κ3) is 5.03. The Labute approximate surface area is 107 Å². The minimum atomic E-state index is -3.62. The second-order valence-corrected chi connectivity index (χ2v) is 7.01. The maximum Gasteiger partial charge on any atom is 0.306 e. The molecule has 1 rings (SSSR count). The highest BCUT2D eigenvalue weighted by Gasteiger charge is 2.11. The van der Waals surface area contributed by atoms with Crippen LogP contribution in [0, 0.1) is 6.92 Å². The van der Waals surface area contributed by atoms with Crippen LogP contribution < -0.4 is 4.18 Å². The van der Waals surface area contributed by atoms with E-state index < -0.39 is 20.2 Å². The van der Waals surface area contributed by atoms with Crippen molar-refractivity contribution in [1.29, 1.82) is 0 Å². The van der Waals surface area contributed by atoms with Gasteiger partial charge in [0.05, 0.1) is 19.1 Å². The second kappa shape index (κ2) is 5.25. The van der Waals surface area contributed by atoms with Crippen LogP contribution in [0.15, 0.2) is 18.2 Å². The van der Waals surface area contributed by atoms with Gasteiger partial charge in [-0.1, -0.05) is 12.1 Å². The molecule has 0 aliphatic heterocycles. The second-order valence-electron chi connectivity index (χ2n) is 3.79. The van der Waals surface area contributed by atoms with Crippen molar-refractivity contribution < 1.29 is 25.2 Å². The summed E-state index contributed by atoms with van der Waals surface area (Å²) in [5.41, 5.74) is 1.06. The molecular weight excluding hydrogens is 280 g/mol. The number of benzene rings is 1. The van der Waals surface area contributed by atoms with E-state index in [0.29, 0.717) is 11.1 Å². The first-order valence-electron chi connectivity index (χ1n) is 4.91. The van der Waals surface area contributed by atoms with Crippen LogP contribution in [0.2, 0.25) is 0 Å². The molecule has 0 spiro atoms. The van der Waals surface area contributed by atoms with Crippen LogP contribution in [-0.4, -0.2) is 29.3 Å². The molecule has 0 aromatic heterocycles. The van der Waals surface area contributed by atoms with E-state index in [1.807, 2.05) is 0 Å². The molecule has 0 atom stereocenters. The highest BCUT2D eigenvalue weighted by atomic mass is 32.2. The smallest absolute Gasteiger partial charge is 0.306 e. The molecule has 0 bridgehead atoms. The van der Waals surface area contributed by atoms with E-state index in [-0.39, 0.29) is 12.4 Å². The lowest BCUT2D eigenvalue weighted by Gasteiger charge is -2.10. The predicted molar refractivity (Wildman–Crippen MR) is 66.3 cm³/mol. The summed E-state index contributed by atoms with van der Waals surface area (Å²) < 4.78 is 53.2. The normalized spacial score (nSPS) is 12.4. The van der Waals surface area contributed by atoms with Crippen LogP contribution in [0.25, 0.3) is 0 Å². The summed E-state index contributed by atoms with van der Waals surface area (Å²) in [6.07, 6.45) is 1.88. The van der Waals surface area contributed by atoms with Gasteiger partial charge in [-0.2, -0.15) is 16.8 Å². The molecule has 18 heavy (non-hydrogen) atoms.